The lowest BCUT2D eigenvalue weighted by Crippen LogP contribution is -2.68. The highest BCUT2D eigenvalue weighted by Gasteiger charge is 2.45. The first-order valence-electron chi connectivity index (χ1n) is 7.40. The summed E-state index contributed by atoms with van der Waals surface area (Å²) in [6.45, 7) is 3.76. The van der Waals surface area contributed by atoms with Crippen LogP contribution in [0.2, 0.25) is 0 Å². The molecule has 7 nitrogen and oxygen atoms in total. The molecule has 23 heavy (non-hydrogen) atoms. The van der Waals surface area contributed by atoms with E-state index in [0.717, 1.165) is 5.56 Å². The van der Waals surface area contributed by atoms with E-state index in [0.29, 0.717) is 0 Å². The normalized spacial score (nSPS) is 18.3. The first-order valence-corrected chi connectivity index (χ1v) is 7.40. The van der Waals surface area contributed by atoms with Crippen LogP contribution in [0.3, 0.4) is 0 Å². The Morgan fingerprint density at radius 2 is 2.00 bits per heavy atom. The highest BCUT2D eigenvalue weighted by Crippen LogP contribution is 2.20. The number of aliphatic carboxylic acids is 1. The summed E-state index contributed by atoms with van der Waals surface area (Å²) in [6, 6.07) is 7.58. The van der Waals surface area contributed by atoms with Gasteiger partial charge < -0.3 is 20.1 Å². The van der Waals surface area contributed by atoms with E-state index in [1.165, 1.54) is 4.90 Å². The second-order valence-electron chi connectivity index (χ2n) is 5.78. The van der Waals surface area contributed by atoms with Crippen molar-refractivity contribution in [3.8, 4) is 0 Å². The summed E-state index contributed by atoms with van der Waals surface area (Å²) >= 11 is 0. The number of nitrogens with one attached hydrogen (secondary N) is 1. The predicted octanol–water partition coefficient (Wildman–Crippen LogP) is 1.23. The summed E-state index contributed by atoms with van der Waals surface area (Å²) < 4.78 is 5.04. The van der Waals surface area contributed by atoms with E-state index in [1.807, 2.05) is 30.3 Å². The minimum absolute atomic E-state index is 0.112. The van der Waals surface area contributed by atoms with Gasteiger partial charge in [0.05, 0.1) is 6.54 Å². The molecule has 0 spiro atoms. The molecule has 1 aliphatic heterocycles. The van der Waals surface area contributed by atoms with Crippen molar-refractivity contribution in [2.24, 2.45) is 5.92 Å². The molecule has 1 aliphatic rings. The van der Waals surface area contributed by atoms with Gasteiger partial charge in [-0.1, -0.05) is 44.2 Å². The Hall–Kier alpha value is -2.57. The molecule has 1 fully saturated rings. The van der Waals surface area contributed by atoms with Gasteiger partial charge in [-0.25, -0.2) is 9.59 Å². The number of hydrogen-bond donors (Lipinski definition) is 2. The van der Waals surface area contributed by atoms with Gasteiger partial charge in [0.1, 0.15) is 18.7 Å². The molecule has 2 rings (SSSR count). The Morgan fingerprint density at radius 3 is 2.52 bits per heavy atom. The Kier molecular flexibility index (Phi) is 5.20. The van der Waals surface area contributed by atoms with Gasteiger partial charge in [-0.15, -0.1) is 0 Å². The second kappa shape index (κ2) is 7.13. The number of benzene rings is 1. The standard InChI is InChI=1S/C16H20N2O5/c1-10(2)13(15(20)21)18-8-12(14(18)19)17-16(22)23-9-11-6-4-3-5-7-11/h3-7,10,12-13H,8-9H2,1-2H3,(H,17,22)(H,20,21)/t12-,13+/m0/s1. The van der Waals surface area contributed by atoms with Crippen LogP contribution >= 0.6 is 0 Å². The monoisotopic (exact) mass is 320 g/mol. The lowest BCUT2D eigenvalue weighted by Gasteiger charge is -2.43. The first-order chi connectivity index (χ1) is 10.9. The maximum absolute atomic E-state index is 12.0. The van der Waals surface area contributed by atoms with Crippen LogP contribution in [0, 0.1) is 5.92 Å². The molecule has 7 heteroatoms. The molecule has 0 saturated carbocycles. The largest absolute Gasteiger partial charge is 0.480 e. The second-order valence-corrected chi connectivity index (χ2v) is 5.78. The van der Waals surface area contributed by atoms with E-state index >= 15 is 0 Å². The van der Waals surface area contributed by atoms with Crippen LogP contribution in [0.4, 0.5) is 4.79 Å². The van der Waals surface area contributed by atoms with Crippen molar-refractivity contribution < 1.29 is 24.2 Å². The Bertz CT molecular complexity index is 587. The third-order valence-corrected chi connectivity index (χ3v) is 3.69. The fourth-order valence-corrected chi connectivity index (χ4v) is 2.50. The topological polar surface area (TPSA) is 95.9 Å². The van der Waals surface area contributed by atoms with Crippen molar-refractivity contribution in [3.63, 3.8) is 0 Å². The van der Waals surface area contributed by atoms with E-state index in [1.54, 1.807) is 13.8 Å². The third kappa shape index (κ3) is 4.00. The van der Waals surface area contributed by atoms with Crippen molar-refractivity contribution in [1.82, 2.24) is 10.2 Å². The van der Waals surface area contributed by atoms with Crippen molar-refractivity contribution >= 4 is 18.0 Å². The summed E-state index contributed by atoms with van der Waals surface area (Å²) in [5.74, 6) is -1.65. The smallest absolute Gasteiger partial charge is 0.408 e. The molecule has 1 aromatic carbocycles. The molecule has 1 aromatic rings. The number of hydrogen-bond acceptors (Lipinski definition) is 4. The Morgan fingerprint density at radius 1 is 1.35 bits per heavy atom. The maximum Gasteiger partial charge on any atom is 0.408 e. The Balaban J connectivity index is 1.80. The number of carboxylic acid groups (broad SMARTS) is 1. The van der Waals surface area contributed by atoms with Crippen LogP contribution in [0.15, 0.2) is 30.3 Å². The first kappa shape index (κ1) is 16.8. The van der Waals surface area contributed by atoms with Gasteiger partial charge in [-0.2, -0.15) is 0 Å². The van der Waals surface area contributed by atoms with Crippen LogP contribution in [0.1, 0.15) is 19.4 Å². The summed E-state index contributed by atoms with van der Waals surface area (Å²) in [4.78, 5) is 36.2. The highest BCUT2D eigenvalue weighted by atomic mass is 16.5. The summed E-state index contributed by atoms with van der Waals surface area (Å²) in [7, 11) is 0. The molecule has 0 radical (unpaired) electrons. The number of β-lactam (4-membered cyclic amide) rings is 1. The Labute approximate surface area is 134 Å². The summed E-state index contributed by atoms with van der Waals surface area (Å²) in [5, 5.41) is 11.6. The molecule has 0 unspecified atom stereocenters. The van der Waals surface area contributed by atoms with E-state index in [-0.39, 0.29) is 19.1 Å². The zero-order chi connectivity index (χ0) is 17.0. The quantitative estimate of drug-likeness (QED) is 0.769. The van der Waals surface area contributed by atoms with Gasteiger partial charge in [-0.3, -0.25) is 4.79 Å². The SMILES string of the molecule is CC(C)[C@H](C(=O)O)N1C[C@H](NC(=O)OCc2ccccc2)C1=O. The molecular formula is C16H20N2O5. The molecule has 124 valence electrons. The molecule has 0 aliphatic carbocycles. The fourth-order valence-electron chi connectivity index (χ4n) is 2.50. The minimum Gasteiger partial charge on any atom is -0.480 e. The third-order valence-electron chi connectivity index (χ3n) is 3.69. The van der Waals surface area contributed by atoms with E-state index in [2.05, 4.69) is 5.32 Å². The molecule has 0 bridgehead atoms. The number of rotatable bonds is 6. The lowest BCUT2D eigenvalue weighted by atomic mass is 9.96. The zero-order valence-corrected chi connectivity index (χ0v) is 13.1. The van der Waals surface area contributed by atoms with Gasteiger partial charge in [0.25, 0.3) is 0 Å². The molecule has 1 saturated heterocycles. The number of carboxylic acids is 1. The number of nitrogens with zero attached hydrogens (tertiary/aromatic N) is 1. The van der Waals surface area contributed by atoms with Crippen LogP contribution < -0.4 is 5.32 Å². The predicted molar refractivity (Wildman–Crippen MR) is 81.5 cm³/mol. The van der Waals surface area contributed by atoms with Crippen LogP contribution in [0.25, 0.3) is 0 Å². The number of alkyl carbamates (subject to hydrolysis) is 1. The number of amides is 2. The maximum atomic E-state index is 12.0. The summed E-state index contributed by atoms with van der Waals surface area (Å²) in [5.41, 5.74) is 0.843. The zero-order valence-electron chi connectivity index (χ0n) is 13.1. The van der Waals surface area contributed by atoms with E-state index in [4.69, 9.17) is 9.84 Å². The molecule has 1 heterocycles. The van der Waals surface area contributed by atoms with E-state index in [9.17, 15) is 14.4 Å². The van der Waals surface area contributed by atoms with E-state index < -0.39 is 30.1 Å². The fraction of sp³-hybridized carbons (Fsp3) is 0.438. The molecular weight excluding hydrogens is 300 g/mol. The van der Waals surface area contributed by atoms with Crippen LogP contribution in [-0.4, -0.2) is 46.6 Å². The van der Waals surface area contributed by atoms with Crippen molar-refractivity contribution in [2.75, 3.05) is 6.54 Å². The van der Waals surface area contributed by atoms with Crippen LogP contribution in [0.5, 0.6) is 0 Å². The molecule has 2 amide bonds. The molecule has 2 atom stereocenters. The van der Waals surface area contributed by atoms with Crippen molar-refractivity contribution in [1.29, 1.82) is 0 Å². The van der Waals surface area contributed by atoms with Crippen LogP contribution in [-0.2, 0) is 20.9 Å². The van der Waals surface area contributed by atoms with Crippen molar-refractivity contribution in [3.05, 3.63) is 35.9 Å². The van der Waals surface area contributed by atoms with Gasteiger partial charge >= 0.3 is 12.1 Å². The highest BCUT2D eigenvalue weighted by molar-refractivity contribution is 5.94. The average Bonchev–Trinajstić information content (AvgIpc) is 2.51. The number of carbonyl (C=O) groups is 3. The average molecular weight is 320 g/mol. The minimum atomic E-state index is -1.04. The van der Waals surface area contributed by atoms with Crippen molar-refractivity contribution in [2.45, 2.75) is 32.5 Å². The number of ether oxygens (including phenoxy) is 1. The molecule has 0 aromatic heterocycles. The van der Waals surface area contributed by atoms with Gasteiger partial charge in [0, 0.05) is 0 Å². The lowest BCUT2D eigenvalue weighted by molar-refractivity contribution is -0.161. The summed E-state index contributed by atoms with van der Waals surface area (Å²) in [6.07, 6.45) is -0.691. The van der Waals surface area contributed by atoms with Gasteiger partial charge in [0.15, 0.2) is 0 Å². The van der Waals surface area contributed by atoms with Gasteiger partial charge in [0.2, 0.25) is 5.91 Å². The molecule has 2 N–H and O–H groups in total. The number of carbonyl (C=O) groups excluding carboxylic acids is 2. The number of likely N-dealkylation sites (tertiary alicyclic amines) is 1. The van der Waals surface area contributed by atoms with Gasteiger partial charge in [-0.05, 0) is 11.5 Å².